The number of H-pyrrole nitrogens is 1. The number of hydrogen-bond acceptors (Lipinski definition) is 8. The molecule has 11 heteroatoms. The largest absolute Gasteiger partial charge is 0.447 e. The number of nitrogens with zero attached hydrogens (tertiary/aromatic N) is 1. The number of carbonyl (C=O) groups excluding carboxylic acids is 3. The Hall–Kier alpha value is -3.38. The van der Waals surface area contributed by atoms with Crippen LogP contribution >= 0.6 is 0 Å². The van der Waals surface area contributed by atoms with E-state index in [1.807, 2.05) is 0 Å². The zero-order valence-electron chi connectivity index (χ0n) is 29.1. The van der Waals surface area contributed by atoms with E-state index in [-0.39, 0.29) is 30.3 Å². The lowest BCUT2D eigenvalue weighted by Crippen LogP contribution is -2.69. The van der Waals surface area contributed by atoms with Gasteiger partial charge in [-0.3, -0.25) is 9.59 Å². The molecule has 0 radical (unpaired) electrons. The Labute approximate surface area is 286 Å². The highest BCUT2D eigenvalue weighted by Gasteiger charge is 2.75. The fourth-order valence-corrected chi connectivity index (χ4v) is 9.99. The Balaban J connectivity index is 0.000000177. The second kappa shape index (κ2) is 12.7. The first-order valence-corrected chi connectivity index (χ1v) is 17.4. The highest BCUT2D eigenvalue weighted by Crippen LogP contribution is 2.70. The fourth-order valence-electron chi connectivity index (χ4n) is 9.99. The number of alkyl carbamates (subject to hydrolysis) is 1. The first kappa shape index (κ1) is 35.4. The van der Waals surface area contributed by atoms with Crippen molar-refractivity contribution in [2.45, 2.75) is 82.7 Å². The Morgan fingerprint density at radius 1 is 1.18 bits per heavy atom. The number of Topliss-reactive ketones (excluding diaryl/α,β-unsaturated/α-hetero) is 1. The van der Waals surface area contributed by atoms with Crippen LogP contribution in [0.15, 0.2) is 48.2 Å². The maximum atomic E-state index is 16.9. The maximum absolute atomic E-state index is 16.9. The summed E-state index contributed by atoms with van der Waals surface area (Å²) >= 11 is 0. The Bertz CT molecular complexity index is 1700. The normalized spacial score (nSPS) is 37.8. The summed E-state index contributed by atoms with van der Waals surface area (Å²) in [6, 6.07) is 6.53. The molecule has 5 N–H and O–H groups in total. The lowest BCUT2D eigenvalue weighted by Gasteiger charge is -2.62. The maximum Gasteiger partial charge on any atom is 0.407 e. The van der Waals surface area contributed by atoms with Crippen molar-refractivity contribution in [1.82, 2.24) is 15.2 Å². The molecule has 0 unspecified atom stereocenters. The van der Waals surface area contributed by atoms with Crippen LogP contribution in [0.3, 0.4) is 0 Å². The van der Waals surface area contributed by atoms with Gasteiger partial charge < -0.3 is 35.3 Å². The van der Waals surface area contributed by atoms with Gasteiger partial charge in [-0.25, -0.2) is 9.18 Å². The van der Waals surface area contributed by atoms with E-state index in [9.17, 15) is 29.7 Å². The molecule has 3 saturated carbocycles. The van der Waals surface area contributed by atoms with Crippen LogP contribution in [0.4, 0.5) is 9.18 Å². The number of rotatable bonds is 7. The van der Waals surface area contributed by atoms with Crippen LogP contribution in [0, 0.1) is 28.6 Å². The molecular formula is C38H50FN3O7. The first-order valence-electron chi connectivity index (χ1n) is 17.4. The quantitative estimate of drug-likeness (QED) is 0.296. The molecule has 10 nitrogen and oxygen atoms in total. The summed E-state index contributed by atoms with van der Waals surface area (Å²) in [4.78, 5) is 41.0. The summed E-state index contributed by atoms with van der Waals surface area (Å²) in [5, 5.41) is 36.1. The highest BCUT2D eigenvalue weighted by molar-refractivity contribution is 6.01. The number of ketones is 2. The van der Waals surface area contributed by atoms with Crippen LogP contribution < -0.4 is 5.32 Å². The molecule has 5 aliphatic rings. The SMILES string of the molecule is CN(C)CCc1c[nH]c2ccc(C[C@H]3COC(=O)N3)cc12.C[C@@H]1C[C@H]2[C@@H]3CCC4=CC(=O)C=C[C@]4(C)[C@@]3(F)[C@@H](O)C[C@]2(C)[C@@]1(O)C(=O)CO. The van der Waals surface area contributed by atoms with Gasteiger partial charge >= 0.3 is 6.09 Å². The molecule has 49 heavy (non-hydrogen) atoms. The lowest BCUT2D eigenvalue weighted by atomic mass is 9.44. The number of aromatic amines is 1. The molecule has 0 spiro atoms. The van der Waals surface area contributed by atoms with Gasteiger partial charge in [0, 0.05) is 40.4 Å². The number of aliphatic hydroxyl groups excluding tert-OH is 2. The molecule has 1 aromatic carbocycles. The van der Waals surface area contributed by atoms with E-state index in [0.29, 0.717) is 31.4 Å². The third kappa shape index (κ3) is 5.57. The van der Waals surface area contributed by atoms with E-state index < -0.39 is 52.4 Å². The molecule has 266 valence electrons. The smallest absolute Gasteiger partial charge is 0.407 e. The number of aromatic nitrogens is 1. The average molecular weight is 680 g/mol. The van der Waals surface area contributed by atoms with Crippen molar-refractivity contribution in [1.29, 1.82) is 0 Å². The standard InChI is InChI=1S/C22H29FO5.C16H21N3O2/c1-12-8-16-15-5-4-13-9-14(25)6-7-19(13,2)21(15,23)17(26)10-20(16,3)22(12,28)18(27)11-24;1-19(2)6-5-12-9-17-15-4-3-11(8-14(12)15)7-13-10-21-16(20)18-13/h6-7,9,12,15-17,24,26,28H,4-5,8,10-11H2,1-3H3;3-4,8-9,13,17H,5-7,10H2,1-2H3,(H,18,20)/t12-,15+,16+,17+,19+,20+,21+,22+;13-/m10/s1. The second-order valence-corrected chi connectivity index (χ2v) is 15.6. The van der Waals surface area contributed by atoms with E-state index in [1.165, 1.54) is 34.2 Å². The molecule has 4 aliphatic carbocycles. The molecule has 7 rings (SSSR count). The van der Waals surface area contributed by atoms with Gasteiger partial charge in [0.1, 0.15) is 18.8 Å². The minimum absolute atomic E-state index is 0.0676. The monoisotopic (exact) mass is 679 g/mol. The fraction of sp³-hybridized carbons (Fsp3) is 0.605. The van der Waals surface area contributed by atoms with Gasteiger partial charge in [0.05, 0.1) is 12.1 Å². The average Bonchev–Trinajstić information content (AvgIpc) is 3.72. The molecule has 1 amide bonds. The van der Waals surface area contributed by atoms with E-state index in [1.54, 1.807) is 26.8 Å². The van der Waals surface area contributed by atoms with E-state index in [2.05, 4.69) is 53.7 Å². The van der Waals surface area contributed by atoms with Crippen molar-refractivity contribution in [2.24, 2.45) is 28.6 Å². The number of ether oxygens (including phenoxy) is 1. The minimum Gasteiger partial charge on any atom is -0.447 e. The molecule has 2 heterocycles. The van der Waals surface area contributed by atoms with Gasteiger partial charge in [-0.05, 0) is 107 Å². The zero-order chi connectivity index (χ0) is 35.5. The number of aliphatic hydroxyl groups is 3. The van der Waals surface area contributed by atoms with Gasteiger partial charge in [-0.2, -0.15) is 0 Å². The number of hydrogen-bond donors (Lipinski definition) is 5. The van der Waals surface area contributed by atoms with Crippen molar-refractivity contribution in [3.8, 4) is 0 Å². The number of allylic oxidation sites excluding steroid dienone is 4. The van der Waals surface area contributed by atoms with Crippen LogP contribution in [0.2, 0.25) is 0 Å². The van der Waals surface area contributed by atoms with Crippen molar-refractivity contribution in [3.63, 3.8) is 0 Å². The Morgan fingerprint density at radius 3 is 2.61 bits per heavy atom. The van der Waals surface area contributed by atoms with Crippen molar-refractivity contribution in [2.75, 3.05) is 33.9 Å². The summed E-state index contributed by atoms with van der Waals surface area (Å²) in [5.74, 6) is -2.12. The van der Waals surface area contributed by atoms with Gasteiger partial charge in [0.25, 0.3) is 0 Å². The Morgan fingerprint density at radius 2 is 1.94 bits per heavy atom. The highest BCUT2D eigenvalue weighted by atomic mass is 19.1. The van der Waals surface area contributed by atoms with Crippen molar-refractivity contribution in [3.05, 3.63) is 59.3 Å². The predicted octanol–water partition coefficient (Wildman–Crippen LogP) is 3.82. The molecule has 2 aromatic rings. The molecule has 1 aliphatic heterocycles. The van der Waals surface area contributed by atoms with Crippen LogP contribution in [0.1, 0.15) is 57.6 Å². The van der Waals surface area contributed by atoms with Gasteiger partial charge in [0.15, 0.2) is 17.2 Å². The topological polar surface area (TPSA) is 152 Å². The lowest BCUT2D eigenvalue weighted by molar-refractivity contribution is -0.219. The van der Waals surface area contributed by atoms with E-state index in [0.717, 1.165) is 19.4 Å². The summed E-state index contributed by atoms with van der Waals surface area (Å²) in [6.45, 7) is 5.97. The van der Waals surface area contributed by atoms with Gasteiger partial charge in [-0.15, -0.1) is 0 Å². The minimum atomic E-state index is -1.98. The third-order valence-corrected chi connectivity index (χ3v) is 12.7. The zero-order valence-corrected chi connectivity index (χ0v) is 29.1. The molecule has 1 aromatic heterocycles. The molecule has 1 saturated heterocycles. The number of halogens is 1. The van der Waals surface area contributed by atoms with Crippen molar-refractivity contribution < 1.29 is 38.8 Å². The number of nitrogens with one attached hydrogen (secondary N) is 2. The Kier molecular flexibility index (Phi) is 9.22. The number of fused-ring (bicyclic) bond motifs is 6. The third-order valence-electron chi connectivity index (χ3n) is 12.7. The van der Waals surface area contributed by atoms with Crippen molar-refractivity contribution >= 4 is 28.6 Å². The number of amides is 1. The number of carbonyl (C=O) groups is 3. The summed E-state index contributed by atoms with van der Waals surface area (Å²) < 4.78 is 21.8. The van der Waals surface area contributed by atoms with Crippen LogP contribution in [-0.4, -0.2) is 100 Å². The van der Waals surface area contributed by atoms with Gasteiger partial charge in [-0.1, -0.05) is 31.6 Å². The van der Waals surface area contributed by atoms with E-state index >= 15 is 4.39 Å². The number of likely N-dealkylation sites (N-methyl/N-ethyl adjacent to an activating group) is 1. The van der Waals surface area contributed by atoms with Crippen LogP contribution in [-0.2, 0) is 27.2 Å². The van der Waals surface area contributed by atoms with Crippen LogP contribution in [0.25, 0.3) is 10.9 Å². The van der Waals surface area contributed by atoms with Crippen LogP contribution in [0.5, 0.6) is 0 Å². The second-order valence-electron chi connectivity index (χ2n) is 15.6. The van der Waals surface area contributed by atoms with E-state index in [4.69, 9.17) is 4.74 Å². The molecule has 0 bridgehead atoms. The van der Waals surface area contributed by atoms with Gasteiger partial charge in [0.2, 0.25) is 0 Å². The number of alkyl halides is 1. The summed E-state index contributed by atoms with van der Waals surface area (Å²) in [6.07, 6.45) is 8.06. The number of benzene rings is 1. The summed E-state index contributed by atoms with van der Waals surface area (Å²) in [5.41, 5.74) is -1.44. The number of cyclic esters (lactones) is 1. The molecule has 4 fully saturated rings. The summed E-state index contributed by atoms with van der Waals surface area (Å²) in [7, 11) is 4.17. The predicted molar refractivity (Wildman–Crippen MR) is 182 cm³/mol. The molecule has 9 atom stereocenters. The first-order chi connectivity index (χ1) is 23.1. The molecular weight excluding hydrogens is 629 g/mol.